The van der Waals surface area contributed by atoms with Crippen molar-refractivity contribution in [3.8, 4) is 0 Å². The molecule has 0 spiro atoms. The minimum absolute atomic E-state index is 0.150. The molecule has 22 heavy (non-hydrogen) atoms. The van der Waals surface area contributed by atoms with Gasteiger partial charge in [0.2, 0.25) is 0 Å². The van der Waals surface area contributed by atoms with Crippen LogP contribution in [0.4, 0.5) is 4.79 Å². The summed E-state index contributed by atoms with van der Waals surface area (Å²) in [5.74, 6) is 1.70. The SMILES string of the molecule is CC1CCCC(CNCCN(C(=O)OC(C)(C)C)C2CC2)C1. The average Bonchev–Trinajstić information content (AvgIpc) is 3.21. The minimum atomic E-state index is -0.407. The summed E-state index contributed by atoms with van der Waals surface area (Å²) < 4.78 is 5.52. The predicted octanol–water partition coefficient (Wildman–Crippen LogP) is 3.80. The summed E-state index contributed by atoms with van der Waals surface area (Å²) in [6.07, 6.45) is 7.58. The van der Waals surface area contributed by atoms with E-state index in [0.717, 1.165) is 44.3 Å². The van der Waals surface area contributed by atoms with Crippen molar-refractivity contribution in [2.45, 2.75) is 77.9 Å². The quantitative estimate of drug-likeness (QED) is 0.759. The molecular formula is C18H34N2O2. The highest BCUT2D eigenvalue weighted by atomic mass is 16.6. The molecule has 0 aromatic rings. The molecule has 4 nitrogen and oxygen atoms in total. The fourth-order valence-electron chi connectivity index (χ4n) is 3.38. The summed E-state index contributed by atoms with van der Waals surface area (Å²) in [7, 11) is 0. The second-order valence-corrected chi connectivity index (χ2v) is 8.25. The van der Waals surface area contributed by atoms with E-state index in [4.69, 9.17) is 4.74 Å². The Hall–Kier alpha value is -0.770. The highest BCUT2D eigenvalue weighted by Crippen LogP contribution is 2.29. The summed E-state index contributed by atoms with van der Waals surface area (Å²) in [5, 5.41) is 3.56. The maximum atomic E-state index is 12.3. The predicted molar refractivity (Wildman–Crippen MR) is 90.0 cm³/mol. The van der Waals surface area contributed by atoms with E-state index in [9.17, 15) is 4.79 Å². The summed E-state index contributed by atoms with van der Waals surface area (Å²) in [5.41, 5.74) is -0.407. The van der Waals surface area contributed by atoms with Crippen LogP contribution in [0.25, 0.3) is 0 Å². The molecule has 0 saturated heterocycles. The first-order chi connectivity index (χ1) is 10.3. The summed E-state index contributed by atoms with van der Waals surface area (Å²) in [6.45, 7) is 10.9. The molecular weight excluding hydrogens is 276 g/mol. The van der Waals surface area contributed by atoms with Crippen LogP contribution in [-0.4, -0.2) is 42.3 Å². The second-order valence-electron chi connectivity index (χ2n) is 8.25. The van der Waals surface area contributed by atoms with E-state index in [1.54, 1.807) is 0 Å². The molecule has 0 bridgehead atoms. The number of nitrogens with one attached hydrogen (secondary N) is 1. The summed E-state index contributed by atoms with van der Waals surface area (Å²) >= 11 is 0. The third kappa shape index (κ3) is 6.15. The maximum absolute atomic E-state index is 12.3. The lowest BCUT2D eigenvalue weighted by Crippen LogP contribution is -2.42. The Bertz CT molecular complexity index is 361. The van der Waals surface area contributed by atoms with E-state index < -0.39 is 5.60 Å². The molecule has 0 radical (unpaired) electrons. The van der Waals surface area contributed by atoms with Crippen LogP contribution in [0, 0.1) is 11.8 Å². The Morgan fingerprint density at radius 1 is 1.23 bits per heavy atom. The number of hydrogen-bond acceptors (Lipinski definition) is 3. The van der Waals surface area contributed by atoms with Gasteiger partial charge in [0, 0.05) is 19.1 Å². The van der Waals surface area contributed by atoms with Crippen molar-refractivity contribution in [1.29, 1.82) is 0 Å². The molecule has 0 aromatic heterocycles. The molecule has 4 heteroatoms. The van der Waals surface area contributed by atoms with Crippen molar-refractivity contribution in [3.63, 3.8) is 0 Å². The van der Waals surface area contributed by atoms with E-state index in [0.29, 0.717) is 6.04 Å². The zero-order valence-electron chi connectivity index (χ0n) is 14.9. The van der Waals surface area contributed by atoms with Crippen molar-refractivity contribution in [1.82, 2.24) is 10.2 Å². The smallest absolute Gasteiger partial charge is 0.410 e. The van der Waals surface area contributed by atoms with Gasteiger partial charge < -0.3 is 15.0 Å². The standard InChI is InChI=1S/C18H34N2O2/c1-14-6-5-7-15(12-14)13-19-10-11-20(16-8-9-16)17(21)22-18(2,3)4/h14-16,19H,5-13H2,1-4H3. The lowest BCUT2D eigenvalue weighted by Gasteiger charge is -2.29. The topological polar surface area (TPSA) is 41.6 Å². The Balaban J connectivity index is 1.67. The largest absolute Gasteiger partial charge is 0.444 e. The van der Waals surface area contributed by atoms with Crippen LogP contribution in [0.15, 0.2) is 0 Å². The van der Waals surface area contributed by atoms with Gasteiger partial charge in [-0.15, -0.1) is 0 Å². The van der Waals surface area contributed by atoms with Gasteiger partial charge in [-0.05, 0) is 64.8 Å². The van der Waals surface area contributed by atoms with Crippen molar-refractivity contribution < 1.29 is 9.53 Å². The van der Waals surface area contributed by atoms with Gasteiger partial charge >= 0.3 is 6.09 Å². The van der Waals surface area contributed by atoms with E-state index in [2.05, 4.69) is 12.2 Å². The molecule has 2 rings (SSSR count). The fraction of sp³-hybridized carbons (Fsp3) is 0.944. The van der Waals surface area contributed by atoms with Crippen LogP contribution in [0.1, 0.15) is 66.2 Å². The number of carbonyl (C=O) groups excluding carboxylic acids is 1. The van der Waals surface area contributed by atoms with E-state index >= 15 is 0 Å². The molecule has 128 valence electrons. The average molecular weight is 310 g/mol. The first-order valence-electron chi connectivity index (χ1n) is 9.05. The molecule has 2 saturated carbocycles. The van der Waals surface area contributed by atoms with Crippen molar-refractivity contribution >= 4 is 6.09 Å². The molecule has 2 atom stereocenters. The van der Waals surface area contributed by atoms with E-state index in [-0.39, 0.29) is 6.09 Å². The molecule has 0 heterocycles. The molecule has 2 fully saturated rings. The molecule has 0 aromatic carbocycles. The van der Waals surface area contributed by atoms with E-state index in [1.807, 2.05) is 25.7 Å². The highest BCUT2D eigenvalue weighted by Gasteiger charge is 2.34. The third-order valence-electron chi connectivity index (χ3n) is 4.62. The Kier molecular flexibility index (Phi) is 6.13. The van der Waals surface area contributed by atoms with Crippen molar-refractivity contribution in [2.24, 2.45) is 11.8 Å². The van der Waals surface area contributed by atoms with Gasteiger partial charge in [-0.2, -0.15) is 0 Å². The van der Waals surface area contributed by atoms with Gasteiger partial charge in [0.05, 0.1) is 0 Å². The van der Waals surface area contributed by atoms with Gasteiger partial charge in [-0.1, -0.05) is 19.8 Å². The lowest BCUT2D eigenvalue weighted by atomic mass is 9.82. The van der Waals surface area contributed by atoms with Crippen LogP contribution in [-0.2, 0) is 4.74 Å². The van der Waals surface area contributed by atoms with Crippen LogP contribution in [0.2, 0.25) is 0 Å². The molecule has 0 aliphatic heterocycles. The number of carbonyl (C=O) groups is 1. The minimum Gasteiger partial charge on any atom is -0.444 e. The van der Waals surface area contributed by atoms with Gasteiger partial charge in [-0.3, -0.25) is 0 Å². The van der Waals surface area contributed by atoms with Crippen LogP contribution < -0.4 is 5.32 Å². The first kappa shape index (κ1) is 17.6. The van der Waals surface area contributed by atoms with Crippen molar-refractivity contribution in [3.05, 3.63) is 0 Å². The van der Waals surface area contributed by atoms with Gasteiger partial charge in [0.25, 0.3) is 0 Å². The molecule has 2 aliphatic carbocycles. The lowest BCUT2D eigenvalue weighted by molar-refractivity contribution is 0.0235. The Labute approximate surface area is 136 Å². The Morgan fingerprint density at radius 2 is 1.95 bits per heavy atom. The molecule has 1 N–H and O–H groups in total. The normalized spacial score (nSPS) is 25.8. The number of hydrogen-bond donors (Lipinski definition) is 1. The molecule has 2 aliphatic rings. The highest BCUT2D eigenvalue weighted by molar-refractivity contribution is 5.69. The number of rotatable bonds is 6. The van der Waals surface area contributed by atoms with E-state index in [1.165, 1.54) is 25.7 Å². The second kappa shape index (κ2) is 7.67. The van der Waals surface area contributed by atoms with Gasteiger partial charge in [0.1, 0.15) is 5.60 Å². The maximum Gasteiger partial charge on any atom is 0.410 e. The zero-order valence-corrected chi connectivity index (χ0v) is 14.9. The third-order valence-corrected chi connectivity index (χ3v) is 4.62. The summed E-state index contributed by atoms with van der Waals surface area (Å²) in [6, 6.07) is 0.409. The first-order valence-corrected chi connectivity index (χ1v) is 9.05. The van der Waals surface area contributed by atoms with Crippen molar-refractivity contribution in [2.75, 3.05) is 19.6 Å². The number of amides is 1. The van der Waals surface area contributed by atoms with Gasteiger partial charge in [-0.25, -0.2) is 4.79 Å². The summed E-state index contributed by atoms with van der Waals surface area (Å²) in [4.78, 5) is 14.2. The molecule has 1 amide bonds. The monoisotopic (exact) mass is 310 g/mol. The fourth-order valence-corrected chi connectivity index (χ4v) is 3.38. The molecule has 2 unspecified atom stereocenters. The zero-order chi connectivity index (χ0) is 16.2. The van der Waals surface area contributed by atoms with Crippen LogP contribution >= 0.6 is 0 Å². The Morgan fingerprint density at radius 3 is 2.55 bits per heavy atom. The number of nitrogens with zero attached hydrogens (tertiary/aromatic N) is 1. The number of ether oxygens (including phenoxy) is 1. The van der Waals surface area contributed by atoms with Gasteiger partial charge in [0.15, 0.2) is 0 Å². The van der Waals surface area contributed by atoms with Crippen LogP contribution in [0.5, 0.6) is 0 Å². The van der Waals surface area contributed by atoms with Crippen LogP contribution in [0.3, 0.4) is 0 Å².